The number of benzene rings is 2. The summed E-state index contributed by atoms with van der Waals surface area (Å²) in [5.41, 5.74) is 1.61. The van der Waals surface area contributed by atoms with E-state index in [2.05, 4.69) is 10.2 Å². The molecule has 148 valence electrons. The van der Waals surface area contributed by atoms with E-state index in [-0.39, 0.29) is 9.79 Å². The van der Waals surface area contributed by atoms with E-state index in [4.69, 9.17) is 0 Å². The van der Waals surface area contributed by atoms with Crippen molar-refractivity contribution in [3.8, 4) is 0 Å². The lowest BCUT2D eigenvalue weighted by molar-refractivity contribution is 0.588. The van der Waals surface area contributed by atoms with Gasteiger partial charge >= 0.3 is 0 Å². The highest BCUT2D eigenvalue weighted by Gasteiger charge is 2.22. The van der Waals surface area contributed by atoms with Gasteiger partial charge in [-0.1, -0.05) is 6.07 Å². The van der Waals surface area contributed by atoms with Gasteiger partial charge in [0.2, 0.25) is 0 Å². The predicted molar refractivity (Wildman–Crippen MR) is 109 cm³/mol. The molecule has 7 nitrogen and oxygen atoms in total. The van der Waals surface area contributed by atoms with E-state index < -0.39 is 19.9 Å². The third kappa shape index (κ3) is 3.30. The molecule has 0 aliphatic carbocycles. The fraction of sp³-hybridized carbons (Fsp3) is 0.263. The molecule has 0 unspecified atom stereocenters. The zero-order valence-corrected chi connectivity index (χ0v) is 17.0. The number of hydrogen-bond donors (Lipinski definition) is 1. The third-order valence-electron chi connectivity index (χ3n) is 4.94. The van der Waals surface area contributed by atoms with Crippen LogP contribution in [-0.4, -0.2) is 53.2 Å². The molecule has 1 aliphatic rings. The highest BCUT2D eigenvalue weighted by Crippen LogP contribution is 2.30. The van der Waals surface area contributed by atoms with Crippen molar-refractivity contribution in [2.24, 2.45) is 0 Å². The first-order valence-electron chi connectivity index (χ1n) is 8.90. The molecular weight excluding hydrogens is 398 g/mol. The second kappa shape index (κ2) is 6.91. The van der Waals surface area contributed by atoms with Gasteiger partial charge in [0.1, 0.15) is 0 Å². The number of nitrogens with one attached hydrogen (secondary N) is 1. The van der Waals surface area contributed by atoms with Gasteiger partial charge in [-0.25, -0.2) is 20.8 Å². The van der Waals surface area contributed by atoms with Crippen molar-refractivity contribution in [1.29, 1.82) is 0 Å². The first-order chi connectivity index (χ1) is 13.3. The van der Waals surface area contributed by atoms with Crippen LogP contribution in [0.2, 0.25) is 0 Å². The topological polar surface area (TPSA) is 88.5 Å². The minimum atomic E-state index is -3.84. The lowest BCUT2D eigenvalue weighted by atomic mass is 10.2. The number of piperazine rings is 1. The maximum Gasteiger partial charge on any atom is 0.268 e. The fourth-order valence-electron chi connectivity index (χ4n) is 3.49. The average Bonchev–Trinajstić information content (AvgIpc) is 3.13. The molecule has 1 N–H and O–H groups in total. The monoisotopic (exact) mass is 419 g/mol. The molecule has 1 aliphatic heterocycles. The smallest absolute Gasteiger partial charge is 0.268 e. The van der Waals surface area contributed by atoms with Crippen molar-refractivity contribution in [3.05, 3.63) is 54.7 Å². The fourth-order valence-corrected chi connectivity index (χ4v) is 5.47. The summed E-state index contributed by atoms with van der Waals surface area (Å²) in [6.45, 7) is 3.51. The van der Waals surface area contributed by atoms with Crippen LogP contribution in [0.1, 0.15) is 0 Å². The quantitative estimate of drug-likeness (QED) is 0.692. The first kappa shape index (κ1) is 19.0. The van der Waals surface area contributed by atoms with Crippen LogP contribution in [-0.2, 0) is 19.9 Å². The molecule has 28 heavy (non-hydrogen) atoms. The molecule has 2 aromatic carbocycles. The van der Waals surface area contributed by atoms with E-state index in [0.29, 0.717) is 5.52 Å². The van der Waals surface area contributed by atoms with Gasteiger partial charge in [-0.15, -0.1) is 0 Å². The van der Waals surface area contributed by atoms with Crippen molar-refractivity contribution >= 4 is 36.5 Å². The Morgan fingerprint density at radius 1 is 0.857 bits per heavy atom. The van der Waals surface area contributed by atoms with E-state index in [1.807, 2.05) is 18.2 Å². The van der Waals surface area contributed by atoms with Crippen LogP contribution in [0.25, 0.3) is 10.9 Å². The normalized spacial score (nSPS) is 15.8. The Balaban J connectivity index is 1.78. The van der Waals surface area contributed by atoms with Gasteiger partial charge < -0.3 is 10.2 Å². The number of sulfone groups is 1. The number of nitrogens with zero attached hydrogens (tertiary/aromatic N) is 2. The Kier molecular flexibility index (Phi) is 4.68. The zero-order chi connectivity index (χ0) is 19.9. The van der Waals surface area contributed by atoms with Crippen LogP contribution in [0.15, 0.2) is 64.5 Å². The van der Waals surface area contributed by atoms with Gasteiger partial charge in [-0.2, -0.15) is 0 Å². The lowest BCUT2D eigenvalue weighted by Gasteiger charge is -2.30. The second-order valence-electron chi connectivity index (χ2n) is 6.81. The van der Waals surface area contributed by atoms with Crippen LogP contribution in [0, 0.1) is 0 Å². The SMILES string of the molecule is CS(=O)(=O)c1ccc(S(=O)(=O)n2ccc3c(N4CCNCC4)cccc32)cc1. The molecule has 9 heteroatoms. The first-order valence-corrected chi connectivity index (χ1v) is 12.2. The maximum atomic E-state index is 13.1. The molecule has 1 fully saturated rings. The summed E-state index contributed by atoms with van der Waals surface area (Å²) in [6.07, 6.45) is 2.64. The van der Waals surface area contributed by atoms with Crippen LogP contribution >= 0.6 is 0 Å². The summed E-state index contributed by atoms with van der Waals surface area (Å²) in [7, 11) is -7.22. The number of rotatable bonds is 4. The standard InChI is InChI=1S/C19H21N3O4S2/c1-27(23,24)15-5-7-16(8-6-15)28(25,26)22-12-9-17-18(3-2-4-19(17)22)21-13-10-20-11-14-21/h2-9,12,20H,10-11,13-14H2,1H3. The summed E-state index contributed by atoms with van der Waals surface area (Å²) >= 11 is 0. The molecule has 2 heterocycles. The van der Waals surface area contributed by atoms with Gasteiger partial charge in [0.25, 0.3) is 10.0 Å². The lowest BCUT2D eigenvalue weighted by Crippen LogP contribution is -2.43. The third-order valence-corrected chi connectivity index (χ3v) is 7.77. The molecule has 0 atom stereocenters. The van der Waals surface area contributed by atoms with E-state index in [1.165, 1.54) is 28.2 Å². The van der Waals surface area contributed by atoms with Gasteiger partial charge in [0.05, 0.1) is 15.3 Å². The minimum Gasteiger partial charge on any atom is -0.368 e. The van der Waals surface area contributed by atoms with Crippen LogP contribution < -0.4 is 10.2 Å². The van der Waals surface area contributed by atoms with Crippen LogP contribution in [0.3, 0.4) is 0 Å². The number of anilines is 1. The van der Waals surface area contributed by atoms with Crippen molar-refractivity contribution in [3.63, 3.8) is 0 Å². The maximum absolute atomic E-state index is 13.1. The van der Waals surface area contributed by atoms with Crippen molar-refractivity contribution in [2.75, 3.05) is 37.3 Å². The molecule has 0 bridgehead atoms. The molecule has 0 amide bonds. The molecule has 1 saturated heterocycles. The summed E-state index contributed by atoms with van der Waals surface area (Å²) < 4.78 is 50.8. The van der Waals surface area contributed by atoms with Crippen molar-refractivity contribution < 1.29 is 16.8 Å². The van der Waals surface area contributed by atoms with Gasteiger partial charge in [-0.05, 0) is 42.5 Å². The largest absolute Gasteiger partial charge is 0.368 e. The Morgan fingerprint density at radius 2 is 1.50 bits per heavy atom. The van der Waals surface area contributed by atoms with Crippen LogP contribution in [0.4, 0.5) is 5.69 Å². The van der Waals surface area contributed by atoms with Gasteiger partial charge in [0, 0.05) is 49.7 Å². The molecule has 0 saturated carbocycles. The highest BCUT2D eigenvalue weighted by molar-refractivity contribution is 7.91. The van der Waals surface area contributed by atoms with Gasteiger partial charge in [0.15, 0.2) is 9.84 Å². The summed E-state index contributed by atoms with van der Waals surface area (Å²) in [4.78, 5) is 2.38. The van der Waals surface area contributed by atoms with Crippen molar-refractivity contribution in [1.82, 2.24) is 9.29 Å². The number of hydrogen-bond acceptors (Lipinski definition) is 6. The second-order valence-corrected chi connectivity index (χ2v) is 10.6. The zero-order valence-electron chi connectivity index (χ0n) is 15.4. The Hall–Kier alpha value is -2.36. The number of fused-ring (bicyclic) bond motifs is 1. The molecule has 1 aromatic heterocycles. The Morgan fingerprint density at radius 3 is 2.14 bits per heavy atom. The molecule has 0 radical (unpaired) electrons. The minimum absolute atomic E-state index is 0.0463. The number of aromatic nitrogens is 1. The van der Waals surface area contributed by atoms with Crippen molar-refractivity contribution in [2.45, 2.75) is 9.79 Å². The summed E-state index contributed by atoms with van der Waals surface area (Å²) in [6, 6.07) is 12.8. The predicted octanol–water partition coefficient (Wildman–Crippen LogP) is 1.69. The Labute approximate surface area is 164 Å². The summed E-state index contributed by atoms with van der Waals surface area (Å²) in [5.74, 6) is 0. The molecular formula is C19H21N3O4S2. The van der Waals surface area contributed by atoms with Crippen LogP contribution in [0.5, 0.6) is 0 Å². The Bertz CT molecular complexity index is 1220. The highest BCUT2D eigenvalue weighted by atomic mass is 32.2. The van der Waals surface area contributed by atoms with E-state index in [9.17, 15) is 16.8 Å². The summed E-state index contributed by atoms with van der Waals surface area (Å²) in [5, 5.41) is 4.19. The van der Waals surface area contributed by atoms with E-state index in [1.54, 1.807) is 12.3 Å². The van der Waals surface area contributed by atoms with E-state index in [0.717, 1.165) is 43.5 Å². The average molecular weight is 420 g/mol. The molecule has 3 aromatic rings. The van der Waals surface area contributed by atoms with E-state index >= 15 is 0 Å². The van der Waals surface area contributed by atoms with Gasteiger partial charge in [-0.3, -0.25) is 0 Å². The molecule has 4 rings (SSSR count). The molecule has 0 spiro atoms.